The zero-order valence-corrected chi connectivity index (χ0v) is 16.4. The molecule has 0 unspecified atom stereocenters. The molecule has 8 nitrogen and oxygen atoms in total. The van der Waals surface area contributed by atoms with Gasteiger partial charge in [-0.25, -0.2) is 18.9 Å². The average molecular weight is 411 g/mol. The van der Waals surface area contributed by atoms with Gasteiger partial charge in [0.1, 0.15) is 23.9 Å². The molecule has 1 aliphatic heterocycles. The molecule has 0 aliphatic carbocycles. The van der Waals surface area contributed by atoms with E-state index < -0.39 is 5.82 Å². The highest BCUT2D eigenvalue weighted by atomic mass is 19.1. The number of aryl methyl sites for hydroxylation is 1. The maximum atomic E-state index is 13.4. The average Bonchev–Trinajstić information content (AvgIpc) is 2.89. The predicted octanol–water partition coefficient (Wildman–Crippen LogP) is 2.41. The summed E-state index contributed by atoms with van der Waals surface area (Å²) in [5, 5.41) is 7.08. The standard InChI is InChI=1S/C21H22FN5O3/c22-16-7-4-8-17(12-16)30-20-15(6-5-10-23-20)13-24-19(28)14-27-21(29)26-11-3-1-2-9-18(26)25-27/h4-8,10,12H,1-3,9,11,13-14H2,(H,24,28). The molecule has 3 heterocycles. The second-order valence-electron chi connectivity index (χ2n) is 7.12. The number of nitrogens with zero attached hydrogens (tertiary/aromatic N) is 4. The lowest BCUT2D eigenvalue weighted by Crippen LogP contribution is -2.33. The Bertz CT molecular complexity index is 1110. The summed E-state index contributed by atoms with van der Waals surface area (Å²) in [6, 6.07) is 9.22. The number of rotatable bonds is 6. The van der Waals surface area contributed by atoms with E-state index in [1.165, 1.54) is 16.8 Å². The van der Waals surface area contributed by atoms with E-state index >= 15 is 0 Å². The third-order valence-corrected chi connectivity index (χ3v) is 4.91. The van der Waals surface area contributed by atoms with Crippen LogP contribution in [0.3, 0.4) is 0 Å². The van der Waals surface area contributed by atoms with Crippen molar-refractivity contribution in [1.29, 1.82) is 0 Å². The number of pyridine rings is 1. The Balaban J connectivity index is 1.41. The molecule has 1 amide bonds. The van der Waals surface area contributed by atoms with Crippen molar-refractivity contribution in [3.8, 4) is 11.6 Å². The Labute approximate surface area is 172 Å². The van der Waals surface area contributed by atoms with Crippen LogP contribution in [-0.4, -0.2) is 25.2 Å². The molecular weight excluding hydrogens is 389 g/mol. The monoisotopic (exact) mass is 411 g/mol. The van der Waals surface area contributed by atoms with Gasteiger partial charge in [-0.3, -0.25) is 9.36 Å². The van der Waals surface area contributed by atoms with Crippen LogP contribution in [0.15, 0.2) is 47.4 Å². The van der Waals surface area contributed by atoms with Crippen molar-refractivity contribution in [2.45, 2.75) is 45.3 Å². The minimum Gasteiger partial charge on any atom is -0.439 e. The van der Waals surface area contributed by atoms with Crippen molar-refractivity contribution in [1.82, 2.24) is 24.6 Å². The number of nitrogens with one attached hydrogen (secondary N) is 1. The highest BCUT2D eigenvalue weighted by molar-refractivity contribution is 5.75. The number of hydrogen-bond donors (Lipinski definition) is 1. The molecule has 1 aliphatic rings. The molecule has 0 spiro atoms. The van der Waals surface area contributed by atoms with Gasteiger partial charge in [-0.15, -0.1) is 0 Å². The van der Waals surface area contributed by atoms with Gasteiger partial charge in [0, 0.05) is 37.3 Å². The van der Waals surface area contributed by atoms with Crippen molar-refractivity contribution in [2.24, 2.45) is 0 Å². The fraction of sp³-hybridized carbons (Fsp3) is 0.333. The van der Waals surface area contributed by atoms with E-state index in [-0.39, 0.29) is 30.6 Å². The second kappa shape index (κ2) is 8.89. The van der Waals surface area contributed by atoms with E-state index in [1.54, 1.807) is 35.0 Å². The third-order valence-electron chi connectivity index (χ3n) is 4.91. The van der Waals surface area contributed by atoms with Crippen LogP contribution >= 0.6 is 0 Å². The lowest BCUT2D eigenvalue weighted by Gasteiger charge is -2.11. The van der Waals surface area contributed by atoms with Crippen LogP contribution in [0.4, 0.5) is 4.39 Å². The first-order valence-corrected chi connectivity index (χ1v) is 9.91. The van der Waals surface area contributed by atoms with Crippen molar-refractivity contribution in [3.05, 3.63) is 70.3 Å². The van der Waals surface area contributed by atoms with Gasteiger partial charge in [0.15, 0.2) is 0 Å². The summed E-state index contributed by atoms with van der Waals surface area (Å²) in [4.78, 5) is 29.1. The number of fused-ring (bicyclic) bond motifs is 1. The quantitative estimate of drug-likeness (QED) is 0.673. The van der Waals surface area contributed by atoms with Gasteiger partial charge in [-0.2, -0.15) is 5.10 Å². The van der Waals surface area contributed by atoms with E-state index in [9.17, 15) is 14.0 Å². The van der Waals surface area contributed by atoms with Crippen LogP contribution in [0, 0.1) is 5.82 Å². The molecule has 0 atom stereocenters. The Kier molecular flexibility index (Phi) is 5.87. The van der Waals surface area contributed by atoms with Crippen molar-refractivity contribution >= 4 is 5.91 Å². The molecule has 3 aromatic rings. The number of carbonyl (C=O) groups excluding carboxylic acids is 1. The smallest absolute Gasteiger partial charge is 0.346 e. The number of carbonyl (C=O) groups is 1. The Morgan fingerprint density at radius 2 is 2.10 bits per heavy atom. The van der Waals surface area contributed by atoms with Crippen LogP contribution in [0.1, 0.15) is 30.7 Å². The first-order chi connectivity index (χ1) is 14.6. The van der Waals surface area contributed by atoms with Gasteiger partial charge in [0.25, 0.3) is 0 Å². The first-order valence-electron chi connectivity index (χ1n) is 9.91. The van der Waals surface area contributed by atoms with E-state index in [4.69, 9.17) is 4.74 Å². The zero-order valence-electron chi connectivity index (χ0n) is 16.4. The van der Waals surface area contributed by atoms with Gasteiger partial charge >= 0.3 is 5.69 Å². The maximum absolute atomic E-state index is 13.4. The number of amides is 1. The molecule has 0 radical (unpaired) electrons. The second-order valence-corrected chi connectivity index (χ2v) is 7.12. The van der Waals surface area contributed by atoms with E-state index in [2.05, 4.69) is 15.4 Å². The minimum absolute atomic E-state index is 0.152. The lowest BCUT2D eigenvalue weighted by atomic mass is 10.2. The number of benzene rings is 1. The molecule has 0 saturated carbocycles. The van der Waals surface area contributed by atoms with E-state index in [0.717, 1.165) is 31.5 Å². The van der Waals surface area contributed by atoms with Crippen molar-refractivity contribution in [2.75, 3.05) is 0 Å². The molecule has 0 bridgehead atoms. The lowest BCUT2D eigenvalue weighted by molar-refractivity contribution is -0.122. The zero-order chi connectivity index (χ0) is 20.9. The fourth-order valence-corrected chi connectivity index (χ4v) is 3.41. The van der Waals surface area contributed by atoms with Crippen molar-refractivity contribution in [3.63, 3.8) is 0 Å². The molecule has 30 heavy (non-hydrogen) atoms. The van der Waals surface area contributed by atoms with Gasteiger partial charge in [-0.1, -0.05) is 18.6 Å². The highest BCUT2D eigenvalue weighted by Gasteiger charge is 2.17. The fourth-order valence-electron chi connectivity index (χ4n) is 3.41. The summed E-state index contributed by atoms with van der Waals surface area (Å²) in [6.45, 7) is 0.644. The Morgan fingerprint density at radius 3 is 2.97 bits per heavy atom. The predicted molar refractivity (Wildman–Crippen MR) is 107 cm³/mol. The molecule has 156 valence electrons. The molecular formula is C21H22FN5O3. The van der Waals surface area contributed by atoms with Gasteiger partial charge in [-0.05, 0) is 31.0 Å². The maximum Gasteiger partial charge on any atom is 0.346 e. The normalized spacial score (nSPS) is 13.4. The summed E-state index contributed by atoms with van der Waals surface area (Å²) in [6.07, 6.45) is 5.32. The molecule has 1 aromatic carbocycles. The van der Waals surface area contributed by atoms with E-state index in [1.807, 2.05) is 0 Å². The highest BCUT2D eigenvalue weighted by Crippen LogP contribution is 2.23. The van der Waals surface area contributed by atoms with Gasteiger partial charge in [0.05, 0.1) is 0 Å². The summed E-state index contributed by atoms with van der Waals surface area (Å²) in [5.74, 6) is 0.568. The summed E-state index contributed by atoms with van der Waals surface area (Å²) >= 11 is 0. The Hall–Kier alpha value is -3.49. The van der Waals surface area contributed by atoms with Gasteiger partial charge < -0.3 is 10.1 Å². The Morgan fingerprint density at radius 1 is 1.20 bits per heavy atom. The summed E-state index contributed by atoms with van der Waals surface area (Å²) in [7, 11) is 0. The largest absolute Gasteiger partial charge is 0.439 e. The SMILES string of the molecule is O=C(Cn1nc2n(c1=O)CCCCC2)NCc1cccnc1Oc1cccc(F)c1. The van der Waals surface area contributed by atoms with Gasteiger partial charge in [0.2, 0.25) is 11.8 Å². The molecule has 0 fully saturated rings. The molecule has 4 rings (SSSR count). The van der Waals surface area contributed by atoms with Crippen LogP contribution in [-0.2, 0) is 30.8 Å². The number of halogens is 1. The van der Waals surface area contributed by atoms with Crippen LogP contribution < -0.4 is 15.7 Å². The van der Waals surface area contributed by atoms with Crippen LogP contribution in [0.2, 0.25) is 0 Å². The van der Waals surface area contributed by atoms with Crippen LogP contribution in [0.5, 0.6) is 11.6 Å². The molecule has 0 saturated heterocycles. The number of hydrogen-bond acceptors (Lipinski definition) is 5. The summed E-state index contributed by atoms with van der Waals surface area (Å²) < 4.78 is 21.9. The van der Waals surface area contributed by atoms with Crippen molar-refractivity contribution < 1.29 is 13.9 Å². The molecule has 2 aromatic heterocycles. The molecule has 1 N–H and O–H groups in total. The molecule has 9 heteroatoms. The first kappa shape index (κ1) is 19.8. The third kappa shape index (κ3) is 4.56. The topological polar surface area (TPSA) is 91.0 Å². The number of aromatic nitrogens is 4. The van der Waals surface area contributed by atoms with E-state index in [0.29, 0.717) is 17.9 Å². The minimum atomic E-state index is -0.415. The summed E-state index contributed by atoms with van der Waals surface area (Å²) in [5.41, 5.74) is 0.377. The van der Waals surface area contributed by atoms with Crippen LogP contribution in [0.25, 0.3) is 0 Å². The number of ether oxygens (including phenoxy) is 1.